The van der Waals surface area contributed by atoms with Crippen LogP contribution < -0.4 is 10.1 Å². The standard InChI is InChI=1S/C21H29N5O3/c1-20(2,3)26-18(25-6-4-5-22-25)16(12-23-26)29-19(27)24-17-14-7-13-8-15(17)11-21(28,9-13)10-14/h4-6,12-15,17,28H,7-11H2,1-3H3,(H,24,27)/t13?,14-,15+,17?,21?. The Bertz CT molecular complexity index is 897. The average molecular weight is 399 g/mol. The predicted octanol–water partition coefficient (Wildman–Crippen LogP) is 2.85. The van der Waals surface area contributed by atoms with Crippen molar-refractivity contribution in [1.82, 2.24) is 24.9 Å². The Kier molecular flexibility index (Phi) is 4.07. The molecular formula is C21H29N5O3. The van der Waals surface area contributed by atoms with Crippen LogP contribution >= 0.6 is 0 Å². The Morgan fingerprint density at radius 1 is 1.24 bits per heavy atom. The highest BCUT2D eigenvalue weighted by Crippen LogP contribution is 2.55. The Labute approximate surface area is 170 Å². The van der Waals surface area contributed by atoms with Gasteiger partial charge in [-0.3, -0.25) is 0 Å². The lowest BCUT2D eigenvalue weighted by atomic mass is 9.52. The van der Waals surface area contributed by atoms with Gasteiger partial charge in [-0.25, -0.2) is 14.2 Å². The molecule has 0 saturated heterocycles. The van der Waals surface area contributed by atoms with Crippen LogP contribution in [0.3, 0.4) is 0 Å². The second kappa shape index (κ2) is 6.32. The minimum absolute atomic E-state index is 0.0742. The van der Waals surface area contributed by atoms with Gasteiger partial charge >= 0.3 is 6.09 Å². The lowest BCUT2D eigenvalue weighted by molar-refractivity contribution is -0.137. The molecule has 2 N–H and O–H groups in total. The highest BCUT2D eigenvalue weighted by molar-refractivity contribution is 5.72. The molecule has 3 unspecified atom stereocenters. The first kappa shape index (κ1) is 18.7. The first-order valence-electron chi connectivity index (χ1n) is 10.5. The summed E-state index contributed by atoms with van der Waals surface area (Å²) in [6.07, 6.45) is 9.27. The van der Waals surface area contributed by atoms with Crippen LogP contribution in [-0.2, 0) is 5.54 Å². The summed E-state index contributed by atoms with van der Waals surface area (Å²) >= 11 is 0. The van der Waals surface area contributed by atoms with Crippen LogP contribution in [0.4, 0.5) is 4.79 Å². The first-order valence-corrected chi connectivity index (χ1v) is 10.5. The molecule has 0 aromatic carbocycles. The number of aromatic nitrogens is 4. The van der Waals surface area contributed by atoms with Crippen LogP contribution in [0.15, 0.2) is 24.7 Å². The number of hydrogen-bond donors (Lipinski definition) is 2. The second-order valence-electron chi connectivity index (χ2n) is 10.1. The van der Waals surface area contributed by atoms with Gasteiger partial charge in [0.15, 0.2) is 11.6 Å². The Hall–Kier alpha value is -2.35. The summed E-state index contributed by atoms with van der Waals surface area (Å²) in [5, 5.41) is 22.6. The smallest absolute Gasteiger partial charge is 0.405 e. The molecule has 4 fully saturated rings. The fourth-order valence-electron chi connectivity index (χ4n) is 5.98. The van der Waals surface area contributed by atoms with Gasteiger partial charge in [-0.15, -0.1) is 0 Å². The topological polar surface area (TPSA) is 94.2 Å². The molecule has 6 rings (SSSR count). The second-order valence-corrected chi connectivity index (χ2v) is 10.1. The van der Waals surface area contributed by atoms with Gasteiger partial charge in [0.05, 0.1) is 17.3 Å². The van der Waals surface area contributed by atoms with Crippen LogP contribution in [0.2, 0.25) is 0 Å². The van der Waals surface area contributed by atoms with Crippen molar-refractivity contribution < 1.29 is 14.6 Å². The van der Waals surface area contributed by atoms with Gasteiger partial charge in [-0.05, 0) is 76.7 Å². The van der Waals surface area contributed by atoms with Crippen molar-refractivity contribution in [3.63, 3.8) is 0 Å². The van der Waals surface area contributed by atoms with Crippen molar-refractivity contribution in [3.05, 3.63) is 24.7 Å². The number of ether oxygens (including phenoxy) is 1. The molecule has 5 atom stereocenters. The van der Waals surface area contributed by atoms with Gasteiger partial charge in [0.2, 0.25) is 0 Å². The minimum Gasteiger partial charge on any atom is -0.405 e. The normalized spacial score (nSPS) is 33.1. The van der Waals surface area contributed by atoms with Crippen LogP contribution in [0.5, 0.6) is 5.75 Å². The number of hydrogen-bond acceptors (Lipinski definition) is 5. The number of carbonyl (C=O) groups excluding carboxylic acids is 1. The molecule has 2 heterocycles. The van der Waals surface area contributed by atoms with Crippen molar-refractivity contribution in [2.45, 2.75) is 70.1 Å². The van der Waals surface area contributed by atoms with E-state index in [1.807, 2.05) is 33.0 Å². The molecule has 1 amide bonds. The van der Waals surface area contributed by atoms with E-state index in [0.29, 0.717) is 29.3 Å². The fraction of sp³-hybridized carbons (Fsp3) is 0.667. The molecule has 4 saturated carbocycles. The highest BCUT2D eigenvalue weighted by atomic mass is 16.6. The number of aliphatic hydroxyl groups is 1. The largest absolute Gasteiger partial charge is 0.413 e. The minimum atomic E-state index is -0.514. The first-order chi connectivity index (χ1) is 13.7. The SMILES string of the molecule is CC(C)(C)n1ncc(OC(=O)NC2[C@@H]3CC4C[C@H]2CC(O)(C4)C3)c1-n1cccn1. The van der Waals surface area contributed by atoms with Crippen molar-refractivity contribution in [1.29, 1.82) is 0 Å². The van der Waals surface area contributed by atoms with E-state index >= 15 is 0 Å². The molecule has 0 spiro atoms. The molecule has 8 nitrogen and oxygen atoms in total. The van der Waals surface area contributed by atoms with Crippen LogP contribution in [0, 0.1) is 17.8 Å². The molecule has 4 aliphatic carbocycles. The molecule has 29 heavy (non-hydrogen) atoms. The number of rotatable bonds is 3. The molecule has 156 valence electrons. The van der Waals surface area contributed by atoms with Crippen molar-refractivity contribution in [2.24, 2.45) is 17.8 Å². The third-order valence-electron chi connectivity index (χ3n) is 6.80. The van der Waals surface area contributed by atoms with E-state index in [9.17, 15) is 9.90 Å². The summed E-state index contributed by atoms with van der Waals surface area (Å²) in [4.78, 5) is 12.8. The van der Waals surface area contributed by atoms with Crippen molar-refractivity contribution >= 4 is 6.09 Å². The molecular weight excluding hydrogens is 370 g/mol. The maximum atomic E-state index is 12.8. The van der Waals surface area contributed by atoms with Crippen molar-refractivity contribution in [2.75, 3.05) is 0 Å². The van der Waals surface area contributed by atoms with Gasteiger partial charge in [0, 0.05) is 18.4 Å². The Balaban J connectivity index is 1.35. The van der Waals surface area contributed by atoms with E-state index in [1.165, 1.54) is 0 Å². The lowest BCUT2D eigenvalue weighted by Crippen LogP contribution is -2.61. The zero-order valence-electron chi connectivity index (χ0n) is 17.2. The zero-order valence-corrected chi connectivity index (χ0v) is 17.2. The monoisotopic (exact) mass is 399 g/mol. The van der Waals surface area contributed by atoms with E-state index in [1.54, 1.807) is 21.8 Å². The number of carbonyl (C=O) groups is 1. The van der Waals surface area contributed by atoms with E-state index in [2.05, 4.69) is 15.5 Å². The van der Waals surface area contributed by atoms with E-state index < -0.39 is 11.7 Å². The third kappa shape index (κ3) is 3.23. The Morgan fingerprint density at radius 2 is 1.97 bits per heavy atom. The van der Waals surface area contributed by atoms with E-state index in [4.69, 9.17) is 4.74 Å². The fourth-order valence-corrected chi connectivity index (χ4v) is 5.98. The third-order valence-corrected chi connectivity index (χ3v) is 6.80. The van der Waals surface area contributed by atoms with Crippen LogP contribution in [0.1, 0.15) is 52.9 Å². The Morgan fingerprint density at radius 3 is 2.55 bits per heavy atom. The molecule has 4 bridgehead atoms. The summed E-state index contributed by atoms with van der Waals surface area (Å²) in [5.74, 6) is 2.27. The predicted molar refractivity (Wildman–Crippen MR) is 106 cm³/mol. The van der Waals surface area contributed by atoms with Gasteiger partial charge < -0.3 is 15.2 Å². The van der Waals surface area contributed by atoms with Gasteiger partial charge in [0.1, 0.15) is 0 Å². The lowest BCUT2D eigenvalue weighted by Gasteiger charge is -2.57. The van der Waals surface area contributed by atoms with Crippen LogP contribution in [-0.4, -0.2) is 42.4 Å². The van der Waals surface area contributed by atoms with Crippen LogP contribution in [0.25, 0.3) is 5.82 Å². The van der Waals surface area contributed by atoms with Gasteiger partial charge in [-0.1, -0.05) is 0 Å². The molecule has 8 heteroatoms. The highest BCUT2D eigenvalue weighted by Gasteiger charge is 2.55. The quantitative estimate of drug-likeness (QED) is 0.828. The van der Waals surface area contributed by atoms with E-state index in [0.717, 1.165) is 32.1 Å². The maximum Gasteiger partial charge on any atom is 0.413 e. The summed E-state index contributed by atoms with van der Waals surface area (Å²) < 4.78 is 9.19. The van der Waals surface area contributed by atoms with Gasteiger partial charge in [0.25, 0.3) is 0 Å². The molecule has 2 aromatic heterocycles. The van der Waals surface area contributed by atoms with Gasteiger partial charge in [-0.2, -0.15) is 10.2 Å². The molecule has 0 aliphatic heterocycles. The summed E-state index contributed by atoms with van der Waals surface area (Å²) in [6, 6.07) is 1.90. The van der Waals surface area contributed by atoms with E-state index in [-0.39, 0.29) is 11.6 Å². The van der Waals surface area contributed by atoms with Crippen molar-refractivity contribution in [3.8, 4) is 11.6 Å². The molecule has 2 aromatic rings. The summed E-state index contributed by atoms with van der Waals surface area (Å²) in [6.45, 7) is 6.11. The number of nitrogens with one attached hydrogen (secondary N) is 1. The number of amides is 1. The number of nitrogens with zero attached hydrogens (tertiary/aromatic N) is 4. The summed E-state index contributed by atoms with van der Waals surface area (Å²) in [7, 11) is 0. The molecule has 0 radical (unpaired) electrons. The average Bonchev–Trinajstić information content (AvgIpc) is 3.25. The maximum absolute atomic E-state index is 12.8. The summed E-state index contributed by atoms with van der Waals surface area (Å²) in [5.41, 5.74) is -0.810. The molecule has 4 aliphatic rings. The zero-order chi connectivity index (χ0) is 20.4.